The van der Waals surface area contributed by atoms with Crippen molar-refractivity contribution in [2.24, 2.45) is 11.7 Å². The highest BCUT2D eigenvalue weighted by molar-refractivity contribution is 7.80. The first-order chi connectivity index (χ1) is 7.30. The highest BCUT2D eigenvalue weighted by Gasteiger charge is 2.13. The molecule has 0 aliphatic heterocycles. The van der Waals surface area contributed by atoms with Crippen LogP contribution in [0, 0.1) is 5.92 Å². The number of rotatable bonds is 3. The summed E-state index contributed by atoms with van der Waals surface area (Å²) >= 11 is 4.98. The Bertz CT molecular complexity index is 359. The topological polar surface area (TPSA) is 26.0 Å². The predicted octanol–water partition coefficient (Wildman–Crippen LogP) is 3.45. The van der Waals surface area contributed by atoms with Crippen LogP contribution in [0.15, 0.2) is 24.3 Å². The van der Waals surface area contributed by atoms with Crippen molar-refractivity contribution in [1.29, 1.82) is 0 Å². The predicted molar refractivity (Wildman–Crippen MR) is 74.8 cm³/mol. The van der Waals surface area contributed by atoms with Crippen molar-refractivity contribution in [3.63, 3.8) is 0 Å². The Morgan fingerprint density at radius 3 is 2.12 bits per heavy atom. The van der Waals surface area contributed by atoms with Crippen LogP contribution in [0.3, 0.4) is 0 Å². The van der Waals surface area contributed by atoms with Gasteiger partial charge in [0.15, 0.2) is 0 Å². The van der Waals surface area contributed by atoms with Crippen molar-refractivity contribution in [3.8, 4) is 0 Å². The van der Waals surface area contributed by atoms with E-state index in [9.17, 15) is 0 Å². The molecule has 0 radical (unpaired) electrons. The summed E-state index contributed by atoms with van der Waals surface area (Å²) < 4.78 is 0. The van der Waals surface area contributed by atoms with E-state index < -0.39 is 0 Å². The van der Waals surface area contributed by atoms with Gasteiger partial charge in [0.1, 0.15) is 0 Å². The van der Waals surface area contributed by atoms with Crippen molar-refractivity contribution in [3.05, 3.63) is 35.4 Å². The molecule has 1 atom stereocenters. The monoisotopic (exact) mass is 235 g/mol. The lowest BCUT2D eigenvalue weighted by atomic mass is 9.86. The van der Waals surface area contributed by atoms with Crippen LogP contribution in [-0.4, -0.2) is 4.99 Å². The average molecular weight is 235 g/mol. The van der Waals surface area contributed by atoms with Crippen molar-refractivity contribution in [1.82, 2.24) is 0 Å². The first kappa shape index (κ1) is 13.2. The first-order valence-corrected chi connectivity index (χ1v) is 6.10. The zero-order valence-corrected chi connectivity index (χ0v) is 11.4. The normalized spacial score (nSPS) is 13.5. The summed E-state index contributed by atoms with van der Waals surface area (Å²) in [5.41, 5.74) is 8.49. The van der Waals surface area contributed by atoms with Gasteiger partial charge in [-0.05, 0) is 23.0 Å². The molecular formula is C14H21NS. The van der Waals surface area contributed by atoms with Gasteiger partial charge in [0.2, 0.25) is 0 Å². The number of thiocarbonyl (C=S) groups is 1. The van der Waals surface area contributed by atoms with Gasteiger partial charge in [0.25, 0.3) is 0 Å². The molecule has 2 N–H and O–H groups in total. The van der Waals surface area contributed by atoms with Gasteiger partial charge in [-0.2, -0.15) is 0 Å². The zero-order valence-electron chi connectivity index (χ0n) is 10.6. The van der Waals surface area contributed by atoms with E-state index in [2.05, 4.69) is 52.0 Å². The summed E-state index contributed by atoms with van der Waals surface area (Å²) in [6, 6.07) is 8.74. The van der Waals surface area contributed by atoms with Gasteiger partial charge in [-0.15, -0.1) is 0 Å². The lowest BCUT2D eigenvalue weighted by Gasteiger charge is -2.19. The Labute approximate surface area is 104 Å². The van der Waals surface area contributed by atoms with E-state index in [0.717, 1.165) is 6.42 Å². The van der Waals surface area contributed by atoms with E-state index >= 15 is 0 Å². The number of hydrogen-bond donors (Lipinski definition) is 1. The minimum absolute atomic E-state index is 0.216. The summed E-state index contributed by atoms with van der Waals surface area (Å²) in [6.07, 6.45) is 0.930. The second kappa shape index (κ2) is 4.96. The fourth-order valence-electron chi connectivity index (χ4n) is 1.59. The summed E-state index contributed by atoms with van der Waals surface area (Å²) in [5.74, 6) is 0.274. The minimum atomic E-state index is 0.216. The molecule has 1 unspecified atom stereocenters. The van der Waals surface area contributed by atoms with E-state index in [-0.39, 0.29) is 11.3 Å². The van der Waals surface area contributed by atoms with E-state index in [1.165, 1.54) is 11.1 Å². The summed E-state index contributed by atoms with van der Waals surface area (Å²) in [7, 11) is 0. The van der Waals surface area contributed by atoms with Crippen molar-refractivity contribution < 1.29 is 0 Å². The molecule has 1 rings (SSSR count). The Kier molecular flexibility index (Phi) is 4.09. The fraction of sp³-hybridized carbons (Fsp3) is 0.500. The van der Waals surface area contributed by atoms with Crippen molar-refractivity contribution in [2.45, 2.75) is 39.5 Å². The molecule has 1 aromatic carbocycles. The summed E-state index contributed by atoms with van der Waals surface area (Å²) in [4.78, 5) is 0.597. The van der Waals surface area contributed by atoms with Gasteiger partial charge in [-0.25, -0.2) is 0 Å². The van der Waals surface area contributed by atoms with Crippen LogP contribution in [0.5, 0.6) is 0 Å². The van der Waals surface area contributed by atoms with Crippen LogP contribution >= 0.6 is 12.2 Å². The van der Waals surface area contributed by atoms with Gasteiger partial charge < -0.3 is 5.73 Å². The number of hydrogen-bond acceptors (Lipinski definition) is 1. The first-order valence-electron chi connectivity index (χ1n) is 5.69. The molecule has 0 heterocycles. The lowest BCUT2D eigenvalue weighted by molar-refractivity contribution is 0.589. The van der Waals surface area contributed by atoms with Gasteiger partial charge in [0.05, 0.1) is 4.99 Å². The van der Waals surface area contributed by atoms with Gasteiger partial charge in [-0.3, -0.25) is 0 Å². The van der Waals surface area contributed by atoms with E-state index in [0.29, 0.717) is 4.99 Å². The number of nitrogens with two attached hydrogens (primary N) is 1. The molecule has 0 amide bonds. The lowest BCUT2D eigenvalue weighted by Crippen LogP contribution is -2.20. The maximum Gasteiger partial charge on any atom is 0.0759 e. The molecule has 0 saturated carbocycles. The molecule has 2 heteroatoms. The molecule has 0 saturated heterocycles. The Hall–Kier alpha value is -0.890. The van der Waals surface area contributed by atoms with Crippen molar-refractivity contribution >= 4 is 17.2 Å². The maximum atomic E-state index is 5.61. The third kappa shape index (κ3) is 3.60. The van der Waals surface area contributed by atoms with Crippen LogP contribution in [0.2, 0.25) is 0 Å². The second-order valence-electron chi connectivity index (χ2n) is 5.45. The molecule has 16 heavy (non-hydrogen) atoms. The Morgan fingerprint density at radius 2 is 1.75 bits per heavy atom. The molecule has 0 aromatic heterocycles. The molecule has 1 aromatic rings. The summed E-state index contributed by atoms with van der Waals surface area (Å²) in [6.45, 7) is 8.74. The SMILES string of the molecule is CC(Cc1ccc(C(C)(C)C)cc1)C(N)=S. The van der Waals surface area contributed by atoms with Crippen LogP contribution in [0.1, 0.15) is 38.8 Å². The summed E-state index contributed by atoms with van der Waals surface area (Å²) in [5, 5.41) is 0. The third-order valence-electron chi connectivity index (χ3n) is 2.85. The molecule has 0 spiro atoms. The Balaban J connectivity index is 2.76. The van der Waals surface area contributed by atoms with Crippen LogP contribution in [-0.2, 0) is 11.8 Å². The van der Waals surface area contributed by atoms with Crippen LogP contribution < -0.4 is 5.73 Å². The Morgan fingerprint density at radius 1 is 1.25 bits per heavy atom. The molecule has 0 fully saturated rings. The average Bonchev–Trinajstić information content (AvgIpc) is 2.17. The van der Waals surface area contributed by atoms with Crippen molar-refractivity contribution in [2.75, 3.05) is 0 Å². The van der Waals surface area contributed by atoms with Crippen LogP contribution in [0.4, 0.5) is 0 Å². The minimum Gasteiger partial charge on any atom is -0.393 e. The van der Waals surface area contributed by atoms with Crippen LogP contribution in [0.25, 0.3) is 0 Å². The molecular weight excluding hydrogens is 214 g/mol. The van der Waals surface area contributed by atoms with E-state index in [1.54, 1.807) is 0 Å². The zero-order chi connectivity index (χ0) is 12.3. The largest absolute Gasteiger partial charge is 0.393 e. The van der Waals surface area contributed by atoms with Gasteiger partial charge in [0, 0.05) is 5.92 Å². The van der Waals surface area contributed by atoms with Gasteiger partial charge in [-0.1, -0.05) is 64.2 Å². The highest BCUT2D eigenvalue weighted by atomic mass is 32.1. The highest BCUT2D eigenvalue weighted by Crippen LogP contribution is 2.22. The molecule has 0 aliphatic rings. The second-order valence-corrected chi connectivity index (χ2v) is 5.93. The number of benzene rings is 1. The van der Waals surface area contributed by atoms with Gasteiger partial charge >= 0.3 is 0 Å². The third-order valence-corrected chi connectivity index (χ3v) is 3.25. The molecule has 0 bridgehead atoms. The maximum absolute atomic E-state index is 5.61. The molecule has 88 valence electrons. The molecule has 0 aliphatic carbocycles. The standard InChI is InChI=1S/C14H21NS/c1-10(13(15)16)9-11-5-7-12(8-6-11)14(2,3)4/h5-8,10H,9H2,1-4H3,(H2,15,16). The molecule has 1 nitrogen and oxygen atoms in total. The smallest absolute Gasteiger partial charge is 0.0759 e. The van der Waals surface area contributed by atoms with E-state index in [4.69, 9.17) is 18.0 Å². The quantitative estimate of drug-likeness (QED) is 0.812. The fourth-order valence-corrected chi connectivity index (χ4v) is 1.68. The van der Waals surface area contributed by atoms with E-state index in [1.807, 2.05) is 0 Å².